The second-order valence-electron chi connectivity index (χ2n) is 7.63. The summed E-state index contributed by atoms with van der Waals surface area (Å²) in [7, 11) is 1.69. The van der Waals surface area contributed by atoms with Gasteiger partial charge in [-0.2, -0.15) is 0 Å². The van der Waals surface area contributed by atoms with E-state index in [9.17, 15) is 4.79 Å². The minimum Gasteiger partial charge on any atom is -0.497 e. The predicted molar refractivity (Wildman–Crippen MR) is 129 cm³/mol. The average molecular weight is 443 g/mol. The summed E-state index contributed by atoms with van der Waals surface area (Å²) in [5.74, 6) is 1.28. The fourth-order valence-corrected chi connectivity index (χ4v) is 5.03. The Hall–Kier alpha value is -3.71. The first kappa shape index (κ1) is 20.2. The lowest BCUT2D eigenvalue weighted by molar-refractivity contribution is -0.114. The Morgan fingerprint density at radius 2 is 1.91 bits per heavy atom. The maximum absolute atomic E-state index is 11.3. The quantitative estimate of drug-likeness (QED) is 0.416. The SMILES string of the molecule is COc1cccc(-c2cc3c(s2)CCc2cnc(Nc4cccc(NC(C)=O)c4)nc2-3)c1. The second kappa shape index (κ2) is 8.43. The monoisotopic (exact) mass is 442 g/mol. The highest BCUT2D eigenvalue weighted by Gasteiger charge is 2.22. The van der Waals surface area contributed by atoms with Crippen LogP contribution in [0.15, 0.2) is 60.8 Å². The van der Waals surface area contributed by atoms with E-state index in [2.05, 4.69) is 33.8 Å². The van der Waals surface area contributed by atoms with E-state index in [1.807, 2.05) is 53.9 Å². The van der Waals surface area contributed by atoms with Crippen molar-refractivity contribution in [2.45, 2.75) is 19.8 Å². The van der Waals surface area contributed by atoms with Crippen LogP contribution < -0.4 is 15.4 Å². The van der Waals surface area contributed by atoms with Crippen LogP contribution in [0.3, 0.4) is 0 Å². The summed E-state index contributed by atoms with van der Waals surface area (Å²) in [6.45, 7) is 1.49. The zero-order valence-corrected chi connectivity index (χ0v) is 18.6. The summed E-state index contributed by atoms with van der Waals surface area (Å²) < 4.78 is 5.39. The van der Waals surface area contributed by atoms with Crippen LogP contribution in [-0.4, -0.2) is 23.0 Å². The smallest absolute Gasteiger partial charge is 0.227 e. The summed E-state index contributed by atoms with van der Waals surface area (Å²) in [6.07, 6.45) is 3.83. The van der Waals surface area contributed by atoms with Gasteiger partial charge < -0.3 is 15.4 Å². The first-order valence-corrected chi connectivity index (χ1v) is 11.2. The van der Waals surface area contributed by atoms with Crippen LogP contribution in [0.1, 0.15) is 17.4 Å². The molecule has 5 rings (SSSR count). The lowest BCUT2D eigenvalue weighted by Gasteiger charge is -2.16. The number of carbonyl (C=O) groups is 1. The zero-order chi connectivity index (χ0) is 22.1. The van der Waals surface area contributed by atoms with Gasteiger partial charge in [-0.3, -0.25) is 4.79 Å². The molecular formula is C25H22N4O2S. The molecule has 0 atom stereocenters. The number of ether oxygens (including phenoxy) is 1. The Morgan fingerprint density at radius 1 is 1.06 bits per heavy atom. The van der Waals surface area contributed by atoms with Gasteiger partial charge in [0.2, 0.25) is 11.9 Å². The number of thiophene rings is 1. The number of amides is 1. The zero-order valence-electron chi connectivity index (χ0n) is 17.8. The van der Waals surface area contributed by atoms with E-state index in [4.69, 9.17) is 9.72 Å². The van der Waals surface area contributed by atoms with Crippen molar-refractivity contribution >= 4 is 34.6 Å². The van der Waals surface area contributed by atoms with Gasteiger partial charge in [-0.15, -0.1) is 11.3 Å². The third-order valence-corrected chi connectivity index (χ3v) is 6.59. The van der Waals surface area contributed by atoms with Crippen molar-refractivity contribution in [2.24, 2.45) is 0 Å². The van der Waals surface area contributed by atoms with Gasteiger partial charge >= 0.3 is 0 Å². The number of aryl methyl sites for hydroxylation is 2. The maximum atomic E-state index is 11.3. The number of carbonyl (C=O) groups excluding carboxylic acids is 1. The molecule has 0 unspecified atom stereocenters. The van der Waals surface area contributed by atoms with E-state index in [0.29, 0.717) is 5.95 Å². The fraction of sp³-hybridized carbons (Fsp3) is 0.160. The molecule has 2 aromatic heterocycles. The number of aromatic nitrogens is 2. The van der Waals surface area contributed by atoms with Gasteiger partial charge in [-0.05, 0) is 60.4 Å². The molecule has 2 aromatic carbocycles. The van der Waals surface area contributed by atoms with Gasteiger partial charge in [0.1, 0.15) is 5.75 Å². The van der Waals surface area contributed by atoms with Crippen molar-refractivity contribution in [2.75, 3.05) is 17.7 Å². The molecule has 0 fully saturated rings. The van der Waals surface area contributed by atoms with Crippen molar-refractivity contribution < 1.29 is 9.53 Å². The molecular weight excluding hydrogens is 420 g/mol. The number of anilines is 3. The van der Waals surface area contributed by atoms with Crippen LogP contribution in [0.2, 0.25) is 0 Å². The number of methoxy groups -OCH3 is 1. The summed E-state index contributed by atoms with van der Waals surface area (Å²) in [6, 6.07) is 17.9. The molecule has 0 radical (unpaired) electrons. The van der Waals surface area contributed by atoms with Gasteiger partial charge in [-0.1, -0.05) is 18.2 Å². The van der Waals surface area contributed by atoms with Crippen LogP contribution in [0.25, 0.3) is 21.7 Å². The van der Waals surface area contributed by atoms with Crippen LogP contribution in [0.5, 0.6) is 5.75 Å². The number of nitrogens with one attached hydrogen (secondary N) is 2. The van der Waals surface area contributed by atoms with Crippen molar-refractivity contribution in [1.82, 2.24) is 9.97 Å². The Kier molecular flexibility index (Phi) is 5.33. The molecule has 1 amide bonds. The molecule has 0 bridgehead atoms. The van der Waals surface area contributed by atoms with Crippen molar-refractivity contribution in [3.63, 3.8) is 0 Å². The maximum Gasteiger partial charge on any atom is 0.227 e. The molecule has 1 aliphatic rings. The van der Waals surface area contributed by atoms with Crippen molar-refractivity contribution in [3.05, 3.63) is 71.2 Å². The third-order valence-electron chi connectivity index (χ3n) is 5.34. The average Bonchev–Trinajstić information content (AvgIpc) is 3.24. The summed E-state index contributed by atoms with van der Waals surface area (Å²) in [4.78, 5) is 23.3. The molecule has 0 saturated carbocycles. The van der Waals surface area contributed by atoms with Crippen LogP contribution >= 0.6 is 11.3 Å². The second-order valence-corrected chi connectivity index (χ2v) is 8.77. The summed E-state index contributed by atoms with van der Waals surface area (Å²) >= 11 is 1.81. The molecule has 7 heteroatoms. The molecule has 4 aromatic rings. The number of benzene rings is 2. The molecule has 0 saturated heterocycles. The van der Waals surface area contributed by atoms with Gasteiger partial charge in [0.15, 0.2) is 0 Å². The molecule has 2 N–H and O–H groups in total. The highest BCUT2D eigenvalue weighted by molar-refractivity contribution is 7.16. The molecule has 2 heterocycles. The van der Waals surface area contributed by atoms with Gasteiger partial charge in [0.05, 0.1) is 12.8 Å². The minimum absolute atomic E-state index is 0.107. The molecule has 0 aliphatic heterocycles. The Bertz CT molecular complexity index is 1320. The van der Waals surface area contributed by atoms with E-state index in [1.165, 1.54) is 22.2 Å². The fourth-order valence-electron chi connectivity index (χ4n) is 3.87. The Morgan fingerprint density at radius 3 is 2.75 bits per heavy atom. The topological polar surface area (TPSA) is 76.1 Å². The van der Waals surface area contributed by atoms with Gasteiger partial charge in [0, 0.05) is 39.8 Å². The highest BCUT2D eigenvalue weighted by atomic mass is 32.1. The minimum atomic E-state index is -0.107. The molecule has 0 spiro atoms. The number of nitrogens with zero attached hydrogens (tertiary/aromatic N) is 2. The third kappa shape index (κ3) is 4.07. The van der Waals surface area contributed by atoms with E-state index in [-0.39, 0.29) is 5.91 Å². The number of rotatable bonds is 5. The van der Waals surface area contributed by atoms with Crippen LogP contribution in [0, 0.1) is 0 Å². The molecule has 32 heavy (non-hydrogen) atoms. The largest absolute Gasteiger partial charge is 0.497 e. The van der Waals surface area contributed by atoms with E-state index < -0.39 is 0 Å². The van der Waals surface area contributed by atoms with E-state index >= 15 is 0 Å². The Labute approximate surface area is 190 Å². The van der Waals surface area contributed by atoms with Gasteiger partial charge in [0.25, 0.3) is 0 Å². The molecule has 1 aliphatic carbocycles. The van der Waals surface area contributed by atoms with Crippen LogP contribution in [0.4, 0.5) is 17.3 Å². The van der Waals surface area contributed by atoms with Crippen molar-refractivity contribution in [3.8, 4) is 27.4 Å². The summed E-state index contributed by atoms with van der Waals surface area (Å²) in [5, 5.41) is 6.06. The lowest BCUT2D eigenvalue weighted by atomic mass is 9.96. The lowest BCUT2D eigenvalue weighted by Crippen LogP contribution is -2.08. The highest BCUT2D eigenvalue weighted by Crippen LogP contribution is 2.42. The first-order valence-electron chi connectivity index (χ1n) is 10.4. The first-order chi connectivity index (χ1) is 15.6. The number of hydrogen-bond acceptors (Lipinski definition) is 6. The number of fused-ring (bicyclic) bond motifs is 3. The number of hydrogen-bond donors (Lipinski definition) is 2. The standard InChI is InChI=1S/C25H22N4O2S/c1-15(30)27-18-6-4-7-19(12-18)28-25-26-14-17-9-10-22-21(24(17)29-25)13-23(32-22)16-5-3-8-20(11-16)31-2/h3-8,11-14H,9-10H2,1-2H3,(H,27,30)(H,26,28,29). The van der Waals surface area contributed by atoms with Gasteiger partial charge in [-0.25, -0.2) is 9.97 Å². The van der Waals surface area contributed by atoms with Crippen molar-refractivity contribution in [1.29, 1.82) is 0 Å². The predicted octanol–water partition coefficient (Wildman–Crippen LogP) is 5.68. The molecule has 160 valence electrons. The Balaban J connectivity index is 1.46. The van der Waals surface area contributed by atoms with Crippen LogP contribution in [-0.2, 0) is 17.6 Å². The summed E-state index contributed by atoms with van der Waals surface area (Å²) in [5.41, 5.74) is 5.99. The van der Waals surface area contributed by atoms with E-state index in [0.717, 1.165) is 46.8 Å². The molecule has 6 nitrogen and oxygen atoms in total. The van der Waals surface area contributed by atoms with E-state index in [1.54, 1.807) is 7.11 Å². The normalized spacial score (nSPS) is 11.9.